The highest BCUT2D eigenvalue weighted by Gasteiger charge is 2.20. The second-order valence-electron chi connectivity index (χ2n) is 2.72. The molecule has 0 amide bonds. The summed E-state index contributed by atoms with van der Waals surface area (Å²) in [5.74, 6) is -0.455. The van der Waals surface area contributed by atoms with Gasteiger partial charge in [-0.25, -0.2) is 13.1 Å². The Hall–Kier alpha value is -0.640. The molecule has 1 unspecified atom stereocenters. The molecule has 0 bridgehead atoms. The van der Waals surface area contributed by atoms with Gasteiger partial charge in [-0.2, -0.15) is 5.26 Å². The van der Waals surface area contributed by atoms with Gasteiger partial charge in [0.2, 0.25) is 10.0 Å². The van der Waals surface area contributed by atoms with Crippen LogP contribution in [0.5, 0.6) is 0 Å². The molecule has 6 heteroatoms. The molecule has 1 fully saturated rings. The Kier molecular flexibility index (Phi) is 3.03. The summed E-state index contributed by atoms with van der Waals surface area (Å²) in [5, 5.41) is 11.2. The molecule has 0 aliphatic carbocycles. The quantitative estimate of drug-likeness (QED) is 0.583. The minimum absolute atomic E-state index is 0.0386. The van der Waals surface area contributed by atoms with Gasteiger partial charge in [0.15, 0.2) is 5.75 Å². The third-order valence-electron chi connectivity index (χ3n) is 1.66. The van der Waals surface area contributed by atoms with E-state index in [1.807, 2.05) is 0 Å². The summed E-state index contributed by atoms with van der Waals surface area (Å²) >= 11 is 0. The third kappa shape index (κ3) is 2.77. The van der Waals surface area contributed by atoms with Gasteiger partial charge in [-0.15, -0.1) is 0 Å². The summed E-state index contributed by atoms with van der Waals surface area (Å²) in [4.78, 5) is 0. The fraction of sp³-hybridized carbons (Fsp3) is 0.833. The normalized spacial score (nSPS) is 23.8. The van der Waals surface area contributed by atoms with E-state index in [2.05, 4.69) is 10.0 Å². The fourth-order valence-corrected chi connectivity index (χ4v) is 2.10. The Balaban J connectivity index is 2.44. The van der Waals surface area contributed by atoms with Crippen LogP contribution in [0.2, 0.25) is 0 Å². The summed E-state index contributed by atoms with van der Waals surface area (Å²) in [6, 6.07) is 1.57. The first-order valence-corrected chi connectivity index (χ1v) is 5.37. The van der Waals surface area contributed by atoms with Crippen LogP contribution in [-0.2, 0) is 10.0 Å². The molecule has 0 saturated carbocycles. The summed E-state index contributed by atoms with van der Waals surface area (Å²) in [7, 11) is -3.37. The van der Waals surface area contributed by atoms with Crippen molar-refractivity contribution in [2.45, 2.75) is 12.5 Å². The minimum Gasteiger partial charge on any atom is -0.315 e. The molecule has 1 rings (SSSR count). The second-order valence-corrected chi connectivity index (χ2v) is 4.48. The van der Waals surface area contributed by atoms with Gasteiger partial charge >= 0.3 is 0 Å². The van der Waals surface area contributed by atoms with E-state index in [0.717, 1.165) is 13.0 Å². The zero-order valence-corrected chi connectivity index (χ0v) is 7.39. The number of hydrogen-bond donors (Lipinski definition) is 2. The Bertz CT molecular complexity index is 274. The topological polar surface area (TPSA) is 82.0 Å². The summed E-state index contributed by atoms with van der Waals surface area (Å²) in [5.41, 5.74) is 0. The SMILES string of the molecule is N#CCS(=O)(=O)NC1CCNC1. The predicted octanol–water partition coefficient (Wildman–Crippen LogP) is -1.21. The maximum Gasteiger partial charge on any atom is 0.225 e. The lowest BCUT2D eigenvalue weighted by Gasteiger charge is -2.08. The first-order valence-electron chi connectivity index (χ1n) is 3.72. The van der Waals surface area contributed by atoms with E-state index in [-0.39, 0.29) is 6.04 Å². The molecule has 12 heavy (non-hydrogen) atoms. The zero-order chi connectivity index (χ0) is 9.03. The van der Waals surface area contributed by atoms with Crippen molar-refractivity contribution in [2.24, 2.45) is 0 Å². The monoisotopic (exact) mass is 189 g/mol. The zero-order valence-electron chi connectivity index (χ0n) is 6.58. The fourth-order valence-electron chi connectivity index (χ4n) is 1.14. The maximum absolute atomic E-state index is 11.0. The van der Waals surface area contributed by atoms with Crippen LogP contribution >= 0.6 is 0 Å². The van der Waals surface area contributed by atoms with E-state index in [1.165, 1.54) is 0 Å². The van der Waals surface area contributed by atoms with Gasteiger partial charge < -0.3 is 5.32 Å². The smallest absolute Gasteiger partial charge is 0.225 e. The Labute approximate surface area is 71.8 Å². The van der Waals surface area contributed by atoms with Gasteiger partial charge in [0.1, 0.15) is 0 Å². The maximum atomic E-state index is 11.0. The Morgan fingerprint density at radius 3 is 2.92 bits per heavy atom. The van der Waals surface area contributed by atoms with Gasteiger partial charge in [-0.1, -0.05) is 0 Å². The lowest BCUT2D eigenvalue weighted by molar-refractivity contribution is 0.563. The molecule has 2 N–H and O–H groups in total. The van der Waals surface area contributed by atoms with Crippen LogP contribution in [0.4, 0.5) is 0 Å². The predicted molar refractivity (Wildman–Crippen MR) is 43.8 cm³/mol. The summed E-state index contributed by atoms with van der Waals surface area (Å²) in [6.07, 6.45) is 0.796. The molecule has 1 atom stereocenters. The molecular formula is C6H11N3O2S. The van der Waals surface area contributed by atoms with Crippen molar-refractivity contribution in [1.29, 1.82) is 5.26 Å². The van der Waals surface area contributed by atoms with Crippen molar-refractivity contribution in [1.82, 2.24) is 10.0 Å². The Morgan fingerprint density at radius 1 is 1.67 bits per heavy atom. The minimum atomic E-state index is -3.37. The van der Waals surface area contributed by atoms with Gasteiger partial charge in [-0.3, -0.25) is 0 Å². The second kappa shape index (κ2) is 3.85. The van der Waals surface area contributed by atoms with E-state index in [9.17, 15) is 8.42 Å². The molecule has 68 valence electrons. The highest BCUT2D eigenvalue weighted by molar-refractivity contribution is 7.89. The van der Waals surface area contributed by atoms with E-state index >= 15 is 0 Å². The average Bonchev–Trinajstić information content (AvgIpc) is 2.38. The van der Waals surface area contributed by atoms with Crippen molar-refractivity contribution in [3.63, 3.8) is 0 Å². The van der Waals surface area contributed by atoms with Crippen LogP contribution in [0, 0.1) is 11.3 Å². The van der Waals surface area contributed by atoms with Crippen LogP contribution in [0.15, 0.2) is 0 Å². The molecule has 5 nitrogen and oxygen atoms in total. The number of sulfonamides is 1. The van der Waals surface area contributed by atoms with E-state index < -0.39 is 15.8 Å². The molecular weight excluding hydrogens is 178 g/mol. The van der Waals surface area contributed by atoms with Crippen molar-refractivity contribution < 1.29 is 8.42 Å². The molecule has 1 heterocycles. The molecule has 1 saturated heterocycles. The lowest BCUT2D eigenvalue weighted by Crippen LogP contribution is -2.37. The van der Waals surface area contributed by atoms with Crippen molar-refractivity contribution in [3.05, 3.63) is 0 Å². The molecule has 0 spiro atoms. The van der Waals surface area contributed by atoms with E-state index in [1.54, 1.807) is 6.07 Å². The van der Waals surface area contributed by atoms with Gasteiger partial charge in [-0.05, 0) is 13.0 Å². The number of hydrogen-bond acceptors (Lipinski definition) is 4. The molecule has 1 aliphatic heterocycles. The molecule has 1 aliphatic rings. The van der Waals surface area contributed by atoms with Crippen molar-refractivity contribution in [3.8, 4) is 6.07 Å². The van der Waals surface area contributed by atoms with Crippen LogP contribution in [-0.4, -0.2) is 33.3 Å². The third-order valence-corrected chi connectivity index (χ3v) is 2.86. The van der Waals surface area contributed by atoms with Crippen molar-refractivity contribution >= 4 is 10.0 Å². The first-order chi connectivity index (χ1) is 5.64. The van der Waals surface area contributed by atoms with E-state index in [4.69, 9.17) is 5.26 Å². The van der Waals surface area contributed by atoms with Crippen LogP contribution in [0.3, 0.4) is 0 Å². The van der Waals surface area contributed by atoms with Gasteiger partial charge in [0.05, 0.1) is 6.07 Å². The van der Waals surface area contributed by atoms with Gasteiger partial charge in [0, 0.05) is 12.6 Å². The Morgan fingerprint density at radius 2 is 2.42 bits per heavy atom. The van der Waals surface area contributed by atoms with Gasteiger partial charge in [0.25, 0.3) is 0 Å². The summed E-state index contributed by atoms with van der Waals surface area (Å²) < 4.78 is 24.5. The van der Waals surface area contributed by atoms with Crippen LogP contribution < -0.4 is 10.0 Å². The average molecular weight is 189 g/mol. The largest absolute Gasteiger partial charge is 0.315 e. The standard InChI is InChI=1S/C6H11N3O2S/c7-2-4-12(10,11)9-6-1-3-8-5-6/h6,8-9H,1,3-5H2. The highest BCUT2D eigenvalue weighted by Crippen LogP contribution is 1.99. The number of nitrogens with one attached hydrogen (secondary N) is 2. The highest BCUT2D eigenvalue weighted by atomic mass is 32.2. The van der Waals surface area contributed by atoms with E-state index in [0.29, 0.717) is 6.54 Å². The lowest BCUT2D eigenvalue weighted by atomic mass is 10.3. The summed E-state index contributed by atoms with van der Waals surface area (Å²) in [6.45, 7) is 1.49. The number of nitriles is 1. The number of rotatable bonds is 3. The molecule has 0 radical (unpaired) electrons. The van der Waals surface area contributed by atoms with Crippen molar-refractivity contribution in [2.75, 3.05) is 18.8 Å². The molecule has 0 aromatic rings. The number of nitrogens with zero attached hydrogens (tertiary/aromatic N) is 1. The van der Waals surface area contributed by atoms with Crippen LogP contribution in [0.1, 0.15) is 6.42 Å². The first kappa shape index (κ1) is 9.45. The van der Waals surface area contributed by atoms with Crippen LogP contribution in [0.25, 0.3) is 0 Å². The molecule has 0 aromatic heterocycles. The molecule has 0 aromatic carbocycles.